The zero-order valence-corrected chi connectivity index (χ0v) is 22.6. The molecule has 2 rings (SSSR count). The van der Waals surface area contributed by atoms with Crippen molar-refractivity contribution in [3.63, 3.8) is 0 Å². The van der Waals surface area contributed by atoms with E-state index in [0.717, 1.165) is 44.1 Å². The van der Waals surface area contributed by atoms with E-state index in [2.05, 4.69) is 21.3 Å². The molecule has 0 spiro atoms. The van der Waals surface area contributed by atoms with Crippen LogP contribution in [0.15, 0.2) is 0 Å². The molecule has 4 N–H and O–H groups in total. The predicted molar refractivity (Wildman–Crippen MR) is 142 cm³/mol. The van der Waals surface area contributed by atoms with Crippen LogP contribution in [0.4, 0.5) is 4.79 Å². The molecule has 0 aromatic heterocycles. The van der Waals surface area contributed by atoms with Crippen molar-refractivity contribution in [2.24, 2.45) is 0 Å². The van der Waals surface area contributed by atoms with E-state index in [-0.39, 0.29) is 29.9 Å². The van der Waals surface area contributed by atoms with Gasteiger partial charge >= 0.3 is 6.03 Å². The molecule has 2 heterocycles. The molecule has 0 saturated carbocycles. The number of carbonyl (C=O) groups excluding carboxylic acids is 4. The molecule has 2 aliphatic rings. The van der Waals surface area contributed by atoms with Gasteiger partial charge in [-0.1, -0.05) is 6.42 Å². The Kier molecular flexibility index (Phi) is 17.0. The largest absolute Gasteiger partial charge is 0.379 e. The van der Waals surface area contributed by atoms with E-state index in [9.17, 15) is 19.2 Å². The number of hydrogen-bond acceptors (Lipinski definition) is 8. The van der Waals surface area contributed by atoms with Gasteiger partial charge in [-0.15, -0.1) is 0 Å². The highest BCUT2D eigenvalue weighted by Gasteiger charge is 2.42. The highest BCUT2D eigenvalue weighted by Crippen LogP contribution is 2.33. The second-order valence-electron chi connectivity index (χ2n) is 9.17. The van der Waals surface area contributed by atoms with Crippen LogP contribution in [-0.4, -0.2) is 99.9 Å². The summed E-state index contributed by atoms with van der Waals surface area (Å²) in [4.78, 5) is 45.1. The lowest BCUT2D eigenvalue weighted by Gasteiger charge is -2.16. The van der Waals surface area contributed by atoms with Gasteiger partial charge in [0, 0.05) is 56.6 Å². The van der Waals surface area contributed by atoms with Gasteiger partial charge in [0.05, 0.1) is 38.5 Å². The normalized spacial score (nSPS) is 20.2. The summed E-state index contributed by atoms with van der Waals surface area (Å²) >= 11 is 1.90. The fourth-order valence-electron chi connectivity index (χ4n) is 4.14. The number of amides is 4. The van der Waals surface area contributed by atoms with Crippen LogP contribution in [0.1, 0.15) is 57.8 Å². The van der Waals surface area contributed by atoms with E-state index < -0.39 is 0 Å². The molecular weight excluding hydrogens is 500 g/mol. The molecule has 212 valence electrons. The Balaban J connectivity index is 1.26. The minimum Gasteiger partial charge on any atom is -0.379 e. The number of ether oxygens (including phenoxy) is 3. The van der Waals surface area contributed by atoms with Gasteiger partial charge in [0.1, 0.15) is 6.29 Å². The van der Waals surface area contributed by atoms with E-state index in [1.54, 1.807) is 0 Å². The molecule has 3 atom stereocenters. The van der Waals surface area contributed by atoms with Crippen LogP contribution in [0, 0.1) is 0 Å². The summed E-state index contributed by atoms with van der Waals surface area (Å²) in [7, 11) is 0. The number of aldehydes is 1. The lowest BCUT2D eigenvalue weighted by Crippen LogP contribution is -2.36. The summed E-state index contributed by atoms with van der Waals surface area (Å²) in [5, 5.41) is 12.1. The average Bonchev–Trinajstić information content (AvgIpc) is 3.43. The van der Waals surface area contributed by atoms with Crippen molar-refractivity contribution in [1.82, 2.24) is 21.3 Å². The molecule has 0 aromatic carbocycles. The van der Waals surface area contributed by atoms with Crippen molar-refractivity contribution in [1.29, 1.82) is 0 Å². The Morgan fingerprint density at radius 3 is 2.05 bits per heavy atom. The maximum Gasteiger partial charge on any atom is 0.315 e. The summed E-state index contributed by atoms with van der Waals surface area (Å²) in [5.41, 5.74) is 0. The molecule has 2 fully saturated rings. The summed E-state index contributed by atoms with van der Waals surface area (Å²) < 4.78 is 16.4. The zero-order chi connectivity index (χ0) is 26.6. The van der Waals surface area contributed by atoms with E-state index >= 15 is 0 Å². The SMILES string of the molecule is O=CCCCC(=O)NCCCOCCOCCOCCCNC(=O)CCCC[C@@H]1SC[C@@H]2NC(=O)N[C@@H]21. The molecule has 0 bridgehead atoms. The molecule has 2 aliphatic heterocycles. The molecule has 2 saturated heterocycles. The van der Waals surface area contributed by atoms with Crippen LogP contribution >= 0.6 is 11.8 Å². The fraction of sp³-hybridized carbons (Fsp3) is 0.840. The average molecular weight is 545 g/mol. The third-order valence-corrected chi connectivity index (χ3v) is 7.63. The van der Waals surface area contributed by atoms with Crippen molar-refractivity contribution >= 4 is 35.9 Å². The van der Waals surface area contributed by atoms with Crippen LogP contribution in [-0.2, 0) is 28.6 Å². The first-order chi connectivity index (χ1) is 18.1. The van der Waals surface area contributed by atoms with E-state index in [0.29, 0.717) is 83.7 Å². The van der Waals surface area contributed by atoms with Crippen molar-refractivity contribution in [3.05, 3.63) is 0 Å². The summed E-state index contributed by atoms with van der Waals surface area (Å²) in [6.07, 6.45) is 7.11. The number of unbranched alkanes of at least 4 members (excludes halogenated alkanes) is 2. The molecule has 0 aliphatic carbocycles. The minimum atomic E-state index is -0.0574. The summed E-state index contributed by atoms with van der Waals surface area (Å²) in [6, 6.07) is 0.426. The summed E-state index contributed by atoms with van der Waals surface area (Å²) in [6.45, 7) is 4.27. The number of thioether (sulfide) groups is 1. The maximum atomic E-state index is 12.0. The Bertz CT molecular complexity index is 685. The molecule has 0 radical (unpaired) electrons. The van der Waals surface area contributed by atoms with Crippen LogP contribution < -0.4 is 21.3 Å². The predicted octanol–water partition coefficient (Wildman–Crippen LogP) is 1.14. The third-order valence-electron chi connectivity index (χ3n) is 6.13. The zero-order valence-electron chi connectivity index (χ0n) is 21.8. The highest BCUT2D eigenvalue weighted by atomic mass is 32.2. The van der Waals surface area contributed by atoms with Gasteiger partial charge in [-0.25, -0.2) is 4.79 Å². The second kappa shape index (κ2) is 20.1. The van der Waals surface area contributed by atoms with Crippen molar-refractivity contribution in [3.8, 4) is 0 Å². The Morgan fingerprint density at radius 2 is 1.43 bits per heavy atom. The van der Waals surface area contributed by atoms with Crippen LogP contribution in [0.3, 0.4) is 0 Å². The number of urea groups is 1. The van der Waals surface area contributed by atoms with E-state index in [1.165, 1.54) is 0 Å². The fourth-order valence-corrected chi connectivity index (χ4v) is 5.69. The lowest BCUT2D eigenvalue weighted by atomic mass is 10.0. The topological polar surface area (TPSA) is 144 Å². The standard InChI is InChI=1S/C25H44N4O7S/c30-12-4-3-9-23(32)27-11-6-14-35-16-18-36-17-15-34-13-5-10-26-22(31)8-2-1-7-21-24-20(19-37-21)28-25(33)29-24/h12,20-21,24H,1-11,13-19H2,(H,26,31)(H,27,32)(H2,28,29,33)/t20-,21-,24-/m0/s1. The molecule has 0 aromatic rings. The molecule has 4 amide bonds. The number of hydrogen-bond donors (Lipinski definition) is 4. The van der Waals surface area contributed by atoms with Crippen LogP contribution in [0.5, 0.6) is 0 Å². The number of fused-ring (bicyclic) bond motifs is 1. The minimum absolute atomic E-state index is 0.0317. The molecule has 0 unspecified atom stereocenters. The quantitative estimate of drug-likeness (QED) is 0.0852. The monoisotopic (exact) mass is 544 g/mol. The number of carbonyl (C=O) groups is 4. The molecule has 11 nitrogen and oxygen atoms in total. The van der Waals surface area contributed by atoms with Gasteiger partial charge in [0.25, 0.3) is 0 Å². The van der Waals surface area contributed by atoms with Crippen LogP contribution in [0.25, 0.3) is 0 Å². The lowest BCUT2D eigenvalue weighted by molar-refractivity contribution is -0.122. The molecular formula is C25H44N4O7S. The van der Waals surface area contributed by atoms with Gasteiger partial charge < -0.3 is 40.3 Å². The summed E-state index contributed by atoms with van der Waals surface area (Å²) in [5.74, 6) is 1.01. The smallest absolute Gasteiger partial charge is 0.315 e. The number of nitrogens with one attached hydrogen (secondary N) is 4. The third kappa shape index (κ3) is 14.6. The van der Waals surface area contributed by atoms with Crippen molar-refractivity contribution in [2.45, 2.75) is 75.1 Å². The van der Waals surface area contributed by atoms with Gasteiger partial charge in [0.2, 0.25) is 11.8 Å². The van der Waals surface area contributed by atoms with Gasteiger partial charge in [-0.2, -0.15) is 11.8 Å². The Hall–Kier alpha value is -1.89. The second-order valence-corrected chi connectivity index (χ2v) is 10.4. The van der Waals surface area contributed by atoms with E-state index in [1.807, 2.05) is 11.8 Å². The van der Waals surface area contributed by atoms with Gasteiger partial charge in [-0.3, -0.25) is 9.59 Å². The highest BCUT2D eigenvalue weighted by molar-refractivity contribution is 8.00. The van der Waals surface area contributed by atoms with Gasteiger partial charge in [-0.05, 0) is 32.1 Å². The molecule has 12 heteroatoms. The van der Waals surface area contributed by atoms with Crippen LogP contribution in [0.2, 0.25) is 0 Å². The first-order valence-corrected chi connectivity index (χ1v) is 14.5. The van der Waals surface area contributed by atoms with Crippen molar-refractivity contribution < 1.29 is 33.4 Å². The Morgan fingerprint density at radius 1 is 0.838 bits per heavy atom. The van der Waals surface area contributed by atoms with Gasteiger partial charge in [0.15, 0.2) is 0 Å². The van der Waals surface area contributed by atoms with Crippen molar-refractivity contribution in [2.75, 3.05) is 58.5 Å². The number of rotatable bonds is 23. The molecule has 37 heavy (non-hydrogen) atoms. The Labute approximate surface area is 224 Å². The van der Waals surface area contributed by atoms with E-state index in [4.69, 9.17) is 14.2 Å². The first-order valence-electron chi connectivity index (χ1n) is 13.5. The maximum absolute atomic E-state index is 12.0. The first kappa shape index (κ1) is 31.3.